The van der Waals surface area contributed by atoms with Crippen molar-refractivity contribution in [1.82, 2.24) is 25.1 Å². The normalized spacial score (nSPS) is 11.4. The van der Waals surface area contributed by atoms with Crippen LogP contribution in [0.5, 0.6) is 0 Å². The SMILES string of the molecule is Cn1nc(C(=O)NCc2ncc(C(=O)O)c(C(F)(F)F)n2)cc1Cl. The maximum atomic E-state index is 12.8. The van der Waals surface area contributed by atoms with Gasteiger partial charge in [0.15, 0.2) is 11.4 Å². The van der Waals surface area contributed by atoms with Crippen molar-refractivity contribution < 1.29 is 27.9 Å². The summed E-state index contributed by atoms with van der Waals surface area (Å²) in [5.74, 6) is -2.90. The highest BCUT2D eigenvalue weighted by molar-refractivity contribution is 6.29. The van der Waals surface area contributed by atoms with Crippen LogP contribution < -0.4 is 5.32 Å². The highest BCUT2D eigenvalue weighted by Gasteiger charge is 2.38. The Morgan fingerprint density at radius 1 is 1.42 bits per heavy atom. The Hall–Kier alpha value is -2.69. The summed E-state index contributed by atoms with van der Waals surface area (Å²) in [6.45, 7) is -0.448. The quantitative estimate of drug-likeness (QED) is 0.852. The number of rotatable bonds is 4. The Morgan fingerprint density at radius 3 is 2.58 bits per heavy atom. The van der Waals surface area contributed by atoms with Crippen LogP contribution in [0, 0.1) is 0 Å². The summed E-state index contributed by atoms with van der Waals surface area (Å²) < 4.78 is 39.7. The van der Waals surface area contributed by atoms with Crippen molar-refractivity contribution in [1.29, 1.82) is 0 Å². The molecule has 8 nitrogen and oxygen atoms in total. The fourth-order valence-corrected chi connectivity index (χ4v) is 1.82. The van der Waals surface area contributed by atoms with Crippen LogP contribution in [0.25, 0.3) is 0 Å². The summed E-state index contributed by atoms with van der Waals surface area (Å²) in [7, 11) is 1.50. The summed E-state index contributed by atoms with van der Waals surface area (Å²) in [4.78, 5) is 29.3. The third kappa shape index (κ3) is 3.79. The van der Waals surface area contributed by atoms with Gasteiger partial charge in [-0.1, -0.05) is 11.6 Å². The zero-order chi connectivity index (χ0) is 18.1. The lowest BCUT2D eigenvalue weighted by Crippen LogP contribution is -2.26. The van der Waals surface area contributed by atoms with Gasteiger partial charge < -0.3 is 10.4 Å². The molecule has 0 aliphatic carbocycles. The first-order valence-corrected chi connectivity index (χ1v) is 6.61. The average molecular weight is 364 g/mol. The lowest BCUT2D eigenvalue weighted by Gasteiger charge is -2.10. The molecule has 0 saturated carbocycles. The van der Waals surface area contributed by atoms with Gasteiger partial charge in [-0.25, -0.2) is 14.8 Å². The first-order valence-electron chi connectivity index (χ1n) is 6.23. The van der Waals surface area contributed by atoms with Crippen LogP contribution in [-0.2, 0) is 19.8 Å². The molecule has 24 heavy (non-hydrogen) atoms. The van der Waals surface area contributed by atoms with Crippen LogP contribution in [0.15, 0.2) is 12.3 Å². The number of carboxylic acids is 1. The molecule has 2 N–H and O–H groups in total. The second-order valence-corrected chi connectivity index (χ2v) is 4.90. The minimum atomic E-state index is -4.97. The summed E-state index contributed by atoms with van der Waals surface area (Å²) in [6, 6.07) is 1.27. The molecule has 0 aliphatic heterocycles. The number of hydrogen-bond acceptors (Lipinski definition) is 5. The Morgan fingerprint density at radius 2 is 2.08 bits per heavy atom. The topological polar surface area (TPSA) is 110 Å². The number of carboxylic acid groups (broad SMARTS) is 1. The second-order valence-electron chi connectivity index (χ2n) is 4.51. The van der Waals surface area contributed by atoms with Gasteiger partial charge in [-0.15, -0.1) is 0 Å². The van der Waals surface area contributed by atoms with Crippen LogP contribution in [0.2, 0.25) is 5.15 Å². The molecule has 0 fully saturated rings. The number of halogens is 4. The number of nitrogens with zero attached hydrogens (tertiary/aromatic N) is 4. The molecule has 0 aliphatic rings. The van der Waals surface area contributed by atoms with Gasteiger partial charge in [-0.05, 0) is 0 Å². The Bertz CT molecular complexity index is 786. The van der Waals surface area contributed by atoms with Crippen molar-refractivity contribution in [3.05, 3.63) is 40.2 Å². The maximum Gasteiger partial charge on any atom is 0.434 e. The van der Waals surface area contributed by atoms with Gasteiger partial charge in [0.2, 0.25) is 0 Å². The van der Waals surface area contributed by atoms with E-state index in [1.807, 2.05) is 0 Å². The molecule has 128 valence electrons. The predicted molar refractivity (Wildman–Crippen MR) is 73.4 cm³/mol. The number of carbonyl (C=O) groups excluding carboxylic acids is 1. The van der Waals surface area contributed by atoms with Gasteiger partial charge >= 0.3 is 12.1 Å². The molecular weight excluding hydrogens is 355 g/mol. The number of nitrogens with one attached hydrogen (secondary N) is 1. The molecule has 0 aromatic carbocycles. The molecular formula is C12H9ClF3N5O3. The van der Waals surface area contributed by atoms with Crippen LogP contribution >= 0.6 is 11.6 Å². The zero-order valence-electron chi connectivity index (χ0n) is 11.9. The summed E-state index contributed by atoms with van der Waals surface area (Å²) in [5.41, 5.74) is -2.70. The van der Waals surface area contributed by atoms with Crippen molar-refractivity contribution in [2.75, 3.05) is 0 Å². The minimum Gasteiger partial charge on any atom is -0.478 e. The molecule has 0 saturated heterocycles. The van der Waals surface area contributed by atoms with Gasteiger partial charge in [0.1, 0.15) is 16.5 Å². The van der Waals surface area contributed by atoms with Crippen molar-refractivity contribution in [3.63, 3.8) is 0 Å². The molecule has 0 unspecified atom stereocenters. The van der Waals surface area contributed by atoms with Crippen LogP contribution in [-0.4, -0.2) is 36.7 Å². The van der Waals surface area contributed by atoms with Gasteiger partial charge in [0.05, 0.1) is 6.54 Å². The number of carbonyl (C=O) groups is 2. The highest BCUT2D eigenvalue weighted by Crippen LogP contribution is 2.30. The van der Waals surface area contributed by atoms with Gasteiger partial charge in [-0.2, -0.15) is 18.3 Å². The summed E-state index contributed by atoms with van der Waals surface area (Å²) in [5, 5.41) is 15.0. The van der Waals surface area contributed by atoms with E-state index in [1.165, 1.54) is 17.8 Å². The van der Waals surface area contributed by atoms with E-state index in [1.54, 1.807) is 0 Å². The third-order valence-corrected chi connectivity index (χ3v) is 3.15. The van der Waals surface area contributed by atoms with E-state index in [4.69, 9.17) is 16.7 Å². The molecule has 12 heteroatoms. The van der Waals surface area contributed by atoms with Crippen LogP contribution in [0.1, 0.15) is 32.4 Å². The number of alkyl halides is 3. The first-order chi connectivity index (χ1) is 11.1. The number of amides is 1. The van der Waals surface area contributed by atoms with E-state index < -0.39 is 41.7 Å². The predicted octanol–water partition coefficient (Wildman–Crippen LogP) is 1.51. The molecule has 0 bridgehead atoms. The molecule has 0 radical (unpaired) electrons. The van der Waals surface area contributed by atoms with Crippen LogP contribution in [0.3, 0.4) is 0 Å². The Balaban J connectivity index is 2.18. The Labute approximate surface area is 137 Å². The zero-order valence-corrected chi connectivity index (χ0v) is 12.7. The smallest absolute Gasteiger partial charge is 0.434 e. The van der Waals surface area contributed by atoms with Gasteiger partial charge in [0, 0.05) is 19.3 Å². The van der Waals surface area contributed by atoms with Gasteiger partial charge in [-0.3, -0.25) is 9.48 Å². The molecule has 2 aromatic heterocycles. The number of aromatic carboxylic acids is 1. The Kier molecular flexibility index (Phi) is 4.73. The van der Waals surface area contributed by atoms with E-state index in [0.717, 1.165) is 0 Å². The minimum absolute atomic E-state index is 0.0410. The van der Waals surface area contributed by atoms with Crippen molar-refractivity contribution in [3.8, 4) is 0 Å². The number of aryl methyl sites for hydroxylation is 1. The summed E-state index contributed by atoms with van der Waals surface area (Å²) in [6.07, 6.45) is -4.43. The highest BCUT2D eigenvalue weighted by atomic mass is 35.5. The van der Waals surface area contributed by atoms with Gasteiger partial charge in [0.25, 0.3) is 5.91 Å². The lowest BCUT2D eigenvalue weighted by molar-refractivity contribution is -0.141. The average Bonchev–Trinajstić information content (AvgIpc) is 2.83. The van der Waals surface area contributed by atoms with Crippen LogP contribution in [0.4, 0.5) is 13.2 Å². The second kappa shape index (κ2) is 6.43. The largest absolute Gasteiger partial charge is 0.478 e. The molecule has 0 atom stereocenters. The lowest BCUT2D eigenvalue weighted by atomic mass is 10.2. The molecule has 1 amide bonds. The van der Waals surface area contributed by atoms with Crippen molar-refractivity contribution in [2.24, 2.45) is 7.05 Å². The van der Waals surface area contributed by atoms with E-state index in [-0.39, 0.29) is 10.8 Å². The molecule has 2 aromatic rings. The molecule has 2 rings (SSSR count). The maximum absolute atomic E-state index is 12.8. The van der Waals surface area contributed by atoms with Crippen molar-refractivity contribution in [2.45, 2.75) is 12.7 Å². The number of aromatic nitrogens is 4. The monoisotopic (exact) mass is 363 g/mol. The standard InChI is InChI=1S/C12H9ClF3N5O3/c1-21-7(13)2-6(20-21)10(22)18-4-8-17-3-5(11(23)24)9(19-8)12(14,15)16/h2-3H,4H2,1H3,(H,18,22)(H,23,24). The first kappa shape index (κ1) is 17.7. The molecule has 2 heterocycles. The van der Waals surface area contributed by atoms with E-state index in [9.17, 15) is 22.8 Å². The van der Waals surface area contributed by atoms with E-state index in [0.29, 0.717) is 6.20 Å². The van der Waals surface area contributed by atoms with E-state index in [2.05, 4.69) is 20.4 Å². The number of hydrogen-bond donors (Lipinski definition) is 2. The summed E-state index contributed by atoms with van der Waals surface area (Å²) >= 11 is 5.72. The molecule has 0 spiro atoms. The van der Waals surface area contributed by atoms with E-state index >= 15 is 0 Å². The third-order valence-electron chi connectivity index (χ3n) is 2.80. The van der Waals surface area contributed by atoms with Crippen molar-refractivity contribution >= 4 is 23.5 Å². The fourth-order valence-electron chi connectivity index (χ4n) is 1.68. The fraction of sp³-hybridized carbons (Fsp3) is 0.250.